The summed E-state index contributed by atoms with van der Waals surface area (Å²) in [5.74, 6) is 0.446. The van der Waals surface area contributed by atoms with Crippen LogP contribution in [0.25, 0.3) is 5.65 Å². The van der Waals surface area contributed by atoms with Crippen LogP contribution in [0.15, 0.2) is 16.9 Å². The lowest BCUT2D eigenvalue weighted by Gasteiger charge is -2.38. The van der Waals surface area contributed by atoms with Crippen molar-refractivity contribution in [3.8, 4) is 0 Å². The van der Waals surface area contributed by atoms with Crippen LogP contribution in [0.2, 0.25) is 0 Å². The summed E-state index contributed by atoms with van der Waals surface area (Å²) < 4.78 is 1.49. The van der Waals surface area contributed by atoms with Gasteiger partial charge in [0, 0.05) is 43.1 Å². The van der Waals surface area contributed by atoms with Crippen molar-refractivity contribution in [3.05, 3.63) is 33.9 Å². The Bertz CT molecular complexity index is 786. The van der Waals surface area contributed by atoms with Gasteiger partial charge in [0.1, 0.15) is 0 Å². The van der Waals surface area contributed by atoms with Crippen LogP contribution in [0.4, 0.5) is 0 Å². The number of hydrogen-bond donors (Lipinski definition) is 3. The smallest absolute Gasteiger partial charge is 0.290 e. The summed E-state index contributed by atoms with van der Waals surface area (Å²) in [6.45, 7) is 2.71. The minimum atomic E-state index is -0.250. The molecule has 8 nitrogen and oxygen atoms in total. The number of rotatable bonds is 3. The highest BCUT2D eigenvalue weighted by molar-refractivity contribution is 5.39. The third-order valence-electron chi connectivity index (χ3n) is 5.22. The standard InChI is InChI=1S/C16H22N4O2.CH2O2/c1-10-4-15-17-12(7-16(22)20(15)18-10)8-19-13-2-3-14(19)6-11(5-13)9-21;2-1-3/h4,7,11,13-14,18,21H,2-3,5-6,8-9H2,1H3;1H,(H,2,3)/t11?,13-,14+;. The molecule has 2 fully saturated rings. The highest BCUT2D eigenvalue weighted by Gasteiger charge is 2.40. The van der Waals surface area contributed by atoms with Crippen molar-refractivity contribution >= 4 is 12.1 Å². The van der Waals surface area contributed by atoms with E-state index in [4.69, 9.17) is 9.90 Å². The van der Waals surface area contributed by atoms with Crippen LogP contribution in [0.5, 0.6) is 0 Å². The molecule has 2 aliphatic heterocycles. The SMILES string of the molecule is Cc1cc2nc(CN3[C@@H]4CC[C@H]3CC(CO)C4)cc(=O)n2[nH]1.O=CO. The molecular formula is C17H24N4O4. The van der Waals surface area contributed by atoms with Crippen molar-refractivity contribution in [1.29, 1.82) is 0 Å². The third-order valence-corrected chi connectivity index (χ3v) is 5.22. The number of H-pyrrole nitrogens is 1. The van der Waals surface area contributed by atoms with E-state index >= 15 is 0 Å². The highest BCUT2D eigenvalue weighted by Crippen LogP contribution is 2.39. The van der Waals surface area contributed by atoms with Gasteiger partial charge in [-0.15, -0.1) is 0 Å². The molecule has 2 aromatic rings. The normalized spacial score (nSPS) is 25.6. The lowest BCUT2D eigenvalue weighted by molar-refractivity contribution is -0.122. The van der Waals surface area contributed by atoms with Crippen LogP contribution in [0, 0.1) is 12.8 Å². The Labute approximate surface area is 145 Å². The first kappa shape index (κ1) is 17.6. The minimum Gasteiger partial charge on any atom is -0.483 e. The summed E-state index contributed by atoms with van der Waals surface area (Å²) >= 11 is 0. The number of nitrogens with one attached hydrogen (secondary N) is 1. The zero-order valence-electron chi connectivity index (χ0n) is 14.3. The predicted molar refractivity (Wildman–Crippen MR) is 91.4 cm³/mol. The van der Waals surface area contributed by atoms with Gasteiger partial charge in [0.2, 0.25) is 0 Å². The van der Waals surface area contributed by atoms with Crippen LogP contribution >= 0.6 is 0 Å². The molecule has 3 N–H and O–H groups in total. The molecular weight excluding hydrogens is 324 g/mol. The largest absolute Gasteiger partial charge is 0.483 e. The molecule has 2 bridgehead atoms. The van der Waals surface area contributed by atoms with Gasteiger partial charge in [0.05, 0.1) is 5.69 Å². The zero-order chi connectivity index (χ0) is 18.0. The monoisotopic (exact) mass is 348 g/mol. The molecule has 2 aromatic heterocycles. The fourth-order valence-corrected chi connectivity index (χ4v) is 4.22. The van der Waals surface area contributed by atoms with E-state index < -0.39 is 0 Å². The Kier molecular flexibility index (Phi) is 5.19. The fraction of sp³-hybridized carbons (Fsp3) is 0.588. The molecule has 1 unspecified atom stereocenters. The van der Waals surface area contributed by atoms with Gasteiger partial charge < -0.3 is 10.2 Å². The molecule has 0 aromatic carbocycles. The number of fused-ring (bicyclic) bond motifs is 3. The van der Waals surface area contributed by atoms with E-state index in [1.54, 1.807) is 6.07 Å². The van der Waals surface area contributed by atoms with E-state index in [1.165, 1.54) is 17.4 Å². The number of carboxylic acid groups (broad SMARTS) is 1. The van der Waals surface area contributed by atoms with Crippen LogP contribution in [-0.4, -0.2) is 54.9 Å². The van der Waals surface area contributed by atoms with E-state index in [9.17, 15) is 9.90 Å². The first-order chi connectivity index (χ1) is 12.0. The van der Waals surface area contributed by atoms with Gasteiger partial charge >= 0.3 is 0 Å². The molecule has 4 heterocycles. The van der Waals surface area contributed by atoms with Gasteiger partial charge in [-0.1, -0.05) is 0 Å². The average Bonchev–Trinajstić information content (AvgIpc) is 3.04. The van der Waals surface area contributed by atoms with Crippen LogP contribution in [-0.2, 0) is 11.3 Å². The maximum absolute atomic E-state index is 12.2. The van der Waals surface area contributed by atoms with Gasteiger partial charge in [-0.25, -0.2) is 9.50 Å². The van der Waals surface area contributed by atoms with Crippen LogP contribution < -0.4 is 5.56 Å². The molecule has 8 heteroatoms. The summed E-state index contributed by atoms with van der Waals surface area (Å²) in [4.78, 5) is 27.7. The van der Waals surface area contributed by atoms with Crippen molar-refractivity contribution in [3.63, 3.8) is 0 Å². The van der Waals surface area contributed by atoms with E-state index in [0.29, 0.717) is 30.3 Å². The second-order valence-electron chi connectivity index (χ2n) is 6.90. The topological polar surface area (TPSA) is 111 Å². The Morgan fingerprint density at radius 1 is 1.32 bits per heavy atom. The summed E-state index contributed by atoms with van der Waals surface area (Å²) in [6, 6.07) is 4.60. The number of aromatic amines is 1. The van der Waals surface area contributed by atoms with Gasteiger partial charge in [0.25, 0.3) is 12.0 Å². The van der Waals surface area contributed by atoms with Crippen molar-refractivity contribution < 1.29 is 15.0 Å². The van der Waals surface area contributed by atoms with Crippen molar-refractivity contribution in [2.24, 2.45) is 5.92 Å². The quantitative estimate of drug-likeness (QED) is 0.707. The predicted octanol–water partition coefficient (Wildman–Crippen LogP) is 0.767. The number of aliphatic hydroxyl groups is 1. The number of piperidine rings is 1. The summed E-state index contributed by atoms with van der Waals surface area (Å²) in [6.07, 6.45) is 4.53. The Morgan fingerprint density at radius 3 is 2.56 bits per heavy atom. The number of aryl methyl sites for hydroxylation is 1. The second-order valence-corrected chi connectivity index (χ2v) is 6.90. The van der Waals surface area contributed by atoms with E-state index in [1.807, 2.05) is 13.0 Å². The molecule has 25 heavy (non-hydrogen) atoms. The van der Waals surface area contributed by atoms with Crippen molar-refractivity contribution in [2.75, 3.05) is 6.61 Å². The summed E-state index contributed by atoms with van der Waals surface area (Å²) in [5, 5.41) is 19.3. The van der Waals surface area contributed by atoms with Crippen LogP contribution in [0.3, 0.4) is 0 Å². The number of carbonyl (C=O) groups is 1. The van der Waals surface area contributed by atoms with Gasteiger partial charge in [0.15, 0.2) is 5.65 Å². The number of aromatic nitrogens is 3. The highest BCUT2D eigenvalue weighted by atomic mass is 16.3. The van der Waals surface area contributed by atoms with Gasteiger partial charge in [-0.05, 0) is 38.5 Å². The van der Waals surface area contributed by atoms with E-state index in [-0.39, 0.29) is 12.0 Å². The average molecular weight is 348 g/mol. The first-order valence-corrected chi connectivity index (χ1v) is 8.58. The fourth-order valence-electron chi connectivity index (χ4n) is 4.22. The molecule has 0 amide bonds. The molecule has 3 atom stereocenters. The molecule has 0 spiro atoms. The summed E-state index contributed by atoms with van der Waals surface area (Å²) in [5.41, 5.74) is 2.43. The number of aliphatic hydroxyl groups excluding tert-OH is 1. The Morgan fingerprint density at radius 2 is 1.96 bits per heavy atom. The lowest BCUT2D eigenvalue weighted by Crippen LogP contribution is -2.43. The minimum absolute atomic E-state index is 0.0503. The Balaban J connectivity index is 0.000000569. The second kappa shape index (κ2) is 7.37. The number of nitrogens with zero attached hydrogens (tertiary/aromatic N) is 3. The zero-order valence-corrected chi connectivity index (χ0v) is 14.3. The van der Waals surface area contributed by atoms with Gasteiger partial charge in [-0.2, -0.15) is 0 Å². The number of hydrogen-bond acceptors (Lipinski definition) is 5. The summed E-state index contributed by atoms with van der Waals surface area (Å²) in [7, 11) is 0. The van der Waals surface area contributed by atoms with E-state index in [0.717, 1.165) is 30.8 Å². The molecule has 4 rings (SSSR count). The molecule has 0 aliphatic carbocycles. The molecule has 2 saturated heterocycles. The Hall–Kier alpha value is -2.19. The maximum Gasteiger partial charge on any atom is 0.290 e. The molecule has 0 saturated carbocycles. The van der Waals surface area contributed by atoms with Crippen molar-refractivity contribution in [1.82, 2.24) is 19.5 Å². The molecule has 2 aliphatic rings. The van der Waals surface area contributed by atoms with Crippen LogP contribution in [0.1, 0.15) is 37.1 Å². The molecule has 136 valence electrons. The lowest BCUT2D eigenvalue weighted by atomic mass is 9.91. The first-order valence-electron chi connectivity index (χ1n) is 8.58. The maximum atomic E-state index is 12.2. The van der Waals surface area contributed by atoms with Crippen molar-refractivity contribution in [2.45, 2.75) is 51.2 Å². The van der Waals surface area contributed by atoms with Gasteiger partial charge in [-0.3, -0.25) is 19.6 Å². The van der Waals surface area contributed by atoms with E-state index in [2.05, 4.69) is 15.0 Å². The third kappa shape index (κ3) is 3.59. The molecule has 0 radical (unpaired) electrons.